The number of piperazine rings is 1. The van der Waals surface area contributed by atoms with Gasteiger partial charge < -0.3 is 20.4 Å². The van der Waals surface area contributed by atoms with Gasteiger partial charge in [-0.05, 0) is 31.7 Å². The number of carbonyl (C=O) groups excluding carboxylic acids is 1. The van der Waals surface area contributed by atoms with E-state index in [9.17, 15) is 4.79 Å². The van der Waals surface area contributed by atoms with Gasteiger partial charge in [0.15, 0.2) is 11.5 Å². The van der Waals surface area contributed by atoms with Crippen LogP contribution in [0.15, 0.2) is 34.9 Å². The molecular weight excluding hydrogens is 396 g/mol. The first-order valence-electron chi connectivity index (χ1n) is 10.2. The topological polar surface area (TPSA) is 126 Å². The first-order valence-corrected chi connectivity index (χ1v) is 10.2. The van der Waals surface area contributed by atoms with Crippen LogP contribution in [0.3, 0.4) is 0 Å². The number of hydrogen-bond acceptors (Lipinski definition) is 10. The number of carbonyl (C=O) groups is 1. The van der Waals surface area contributed by atoms with E-state index in [4.69, 9.17) is 10.2 Å². The smallest absolute Gasteiger partial charge is 0.270 e. The fourth-order valence-corrected chi connectivity index (χ4v) is 3.55. The molecule has 10 heteroatoms. The summed E-state index contributed by atoms with van der Waals surface area (Å²) < 4.78 is 5.85. The lowest BCUT2D eigenvalue weighted by Crippen LogP contribution is -2.48. The number of hydrogen-bond donors (Lipinski definition) is 2. The number of nitrogen functional groups attached to an aromatic ring is 1. The van der Waals surface area contributed by atoms with Crippen molar-refractivity contribution in [2.24, 2.45) is 0 Å². The molecule has 0 amide bonds. The molecule has 0 saturated carbocycles. The van der Waals surface area contributed by atoms with Crippen LogP contribution in [0.5, 0.6) is 0 Å². The van der Waals surface area contributed by atoms with E-state index in [1.807, 2.05) is 31.3 Å². The molecule has 1 saturated heterocycles. The molecule has 3 N–H and O–H groups in total. The molecule has 0 atom stereocenters. The maximum atomic E-state index is 11.3. The minimum Gasteiger partial charge on any atom is -0.414 e. The molecule has 1 aliphatic heterocycles. The van der Waals surface area contributed by atoms with Gasteiger partial charge in [0.2, 0.25) is 5.89 Å². The Morgan fingerprint density at radius 1 is 1.13 bits per heavy atom. The zero-order valence-electron chi connectivity index (χ0n) is 17.7. The van der Waals surface area contributed by atoms with Gasteiger partial charge in [-0.15, -0.1) is 10.2 Å². The van der Waals surface area contributed by atoms with Crippen molar-refractivity contribution in [3.63, 3.8) is 0 Å². The van der Waals surface area contributed by atoms with Gasteiger partial charge in [-0.2, -0.15) is 0 Å². The van der Waals surface area contributed by atoms with E-state index in [0.717, 1.165) is 43.9 Å². The van der Waals surface area contributed by atoms with Gasteiger partial charge >= 0.3 is 0 Å². The molecule has 3 aromatic rings. The van der Waals surface area contributed by atoms with Crippen LogP contribution in [0.2, 0.25) is 0 Å². The maximum absolute atomic E-state index is 11.3. The largest absolute Gasteiger partial charge is 0.414 e. The lowest BCUT2D eigenvalue weighted by molar-refractivity contribution is -0.118. The Labute approximate surface area is 180 Å². The number of ketones is 1. The van der Waals surface area contributed by atoms with Crippen molar-refractivity contribution in [1.29, 1.82) is 0 Å². The molecule has 3 heterocycles. The summed E-state index contributed by atoms with van der Waals surface area (Å²) in [4.78, 5) is 24.5. The van der Waals surface area contributed by atoms with Gasteiger partial charge in [0.25, 0.3) is 5.89 Å². The summed E-state index contributed by atoms with van der Waals surface area (Å²) in [6.07, 6.45) is 1.65. The zero-order chi connectivity index (χ0) is 21.8. The molecule has 1 aromatic carbocycles. The van der Waals surface area contributed by atoms with Crippen molar-refractivity contribution in [2.45, 2.75) is 13.5 Å². The van der Waals surface area contributed by atoms with Gasteiger partial charge in [0, 0.05) is 38.3 Å². The normalized spacial score (nSPS) is 14.7. The standard InChI is InChI=1S/C21H26N8O2/c1-14(30)13-28-7-9-29(10-8-28)17-12-24-19(22)18(25-17)21-27-26-20(31-21)16-5-3-15(4-6-16)11-23-2/h3-6,12,23H,7-11,13H2,1-2H3,(H2,22,24). The quantitative estimate of drug-likeness (QED) is 0.573. The Morgan fingerprint density at radius 2 is 1.84 bits per heavy atom. The molecular formula is C21H26N8O2. The van der Waals surface area contributed by atoms with Gasteiger partial charge in [-0.25, -0.2) is 9.97 Å². The molecule has 162 valence electrons. The summed E-state index contributed by atoms with van der Waals surface area (Å²) in [6, 6.07) is 7.90. The Morgan fingerprint density at radius 3 is 2.52 bits per heavy atom. The van der Waals surface area contributed by atoms with Gasteiger partial charge in [0.1, 0.15) is 11.6 Å². The fourth-order valence-electron chi connectivity index (χ4n) is 3.55. The van der Waals surface area contributed by atoms with Crippen LogP contribution in [0, 0.1) is 0 Å². The third-order valence-corrected chi connectivity index (χ3v) is 5.14. The lowest BCUT2D eigenvalue weighted by atomic mass is 10.1. The second-order valence-electron chi connectivity index (χ2n) is 7.57. The molecule has 0 bridgehead atoms. The van der Waals surface area contributed by atoms with E-state index in [1.54, 1.807) is 13.1 Å². The predicted molar refractivity (Wildman–Crippen MR) is 117 cm³/mol. The third kappa shape index (κ3) is 4.86. The van der Waals surface area contributed by atoms with E-state index in [0.29, 0.717) is 23.9 Å². The predicted octanol–water partition coefficient (Wildman–Crippen LogP) is 1.21. The number of Topliss-reactive ketones (excluding diaryl/α,β-unsaturated/α-hetero) is 1. The molecule has 0 aliphatic carbocycles. The van der Waals surface area contributed by atoms with E-state index >= 15 is 0 Å². The highest BCUT2D eigenvalue weighted by atomic mass is 16.4. The summed E-state index contributed by atoms with van der Waals surface area (Å²) in [6.45, 7) is 5.95. The minimum absolute atomic E-state index is 0.173. The second kappa shape index (κ2) is 9.19. The lowest BCUT2D eigenvalue weighted by Gasteiger charge is -2.34. The summed E-state index contributed by atoms with van der Waals surface area (Å²) in [5.41, 5.74) is 8.41. The summed E-state index contributed by atoms with van der Waals surface area (Å²) >= 11 is 0. The Bertz CT molecular complexity index is 1040. The number of anilines is 2. The van der Waals surface area contributed by atoms with Gasteiger partial charge in [-0.1, -0.05) is 12.1 Å². The van der Waals surface area contributed by atoms with Crippen molar-refractivity contribution >= 4 is 17.4 Å². The number of nitrogens with zero attached hydrogens (tertiary/aromatic N) is 6. The van der Waals surface area contributed by atoms with Crippen molar-refractivity contribution in [1.82, 2.24) is 30.4 Å². The molecule has 0 spiro atoms. The highest BCUT2D eigenvalue weighted by molar-refractivity contribution is 5.77. The van der Waals surface area contributed by atoms with E-state index in [2.05, 4.69) is 35.3 Å². The van der Waals surface area contributed by atoms with E-state index in [1.165, 1.54) is 0 Å². The van der Waals surface area contributed by atoms with Gasteiger partial charge in [0.05, 0.1) is 12.7 Å². The molecule has 1 aliphatic rings. The zero-order valence-corrected chi connectivity index (χ0v) is 17.7. The molecule has 10 nitrogen and oxygen atoms in total. The fraction of sp³-hybridized carbons (Fsp3) is 0.381. The number of nitrogens with one attached hydrogen (secondary N) is 1. The molecule has 1 fully saturated rings. The minimum atomic E-state index is 0.173. The average molecular weight is 422 g/mol. The first-order chi connectivity index (χ1) is 15.0. The SMILES string of the molecule is CNCc1ccc(-c2nnc(-c3nc(N4CCN(CC(C)=O)CC4)cnc3N)o2)cc1. The highest BCUT2D eigenvalue weighted by Gasteiger charge is 2.22. The third-order valence-electron chi connectivity index (χ3n) is 5.14. The number of nitrogens with two attached hydrogens (primary N) is 1. The number of aromatic nitrogens is 4. The van der Waals surface area contributed by atoms with Crippen molar-refractivity contribution in [3.8, 4) is 23.0 Å². The monoisotopic (exact) mass is 422 g/mol. The summed E-state index contributed by atoms with van der Waals surface area (Å²) in [5.74, 6) is 1.74. The first kappa shape index (κ1) is 20.9. The highest BCUT2D eigenvalue weighted by Crippen LogP contribution is 2.27. The summed E-state index contributed by atoms with van der Waals surface area (Å²) in [7, 11) is 1.91. The van der Waals surface area contributed by atoms with Crippen LogP contribution in [-0.4, -0.2) is 70.6 Å². The molecule has 4 rings (SSSR count). The Hall–Kier alpha value is -3.37. The van der Waals surface area contributed by atoms with Crippen LogP contribution < -0.4 is 16.0 Å². The summed E-state index contributed by atoms with van der Waals surface area (Å²) in [5, 5.41) is 11.4. The van der Waals surface area contributed by atoms with Crippen molar-refractivity contribution < 1.29 is 9.21 Å². The van der Waals surface area contributed by atoms with Crippen LogP contribution >= 0.6 is 0 Å². The Kier molecular flexibility index (Phi) is 6.19. The van der Waals surface area contributed by atoms with Crippen LogP contribution in [0.1, 0.15) is 12.5 Å². The van der Waals surface area contributed by atoms with Gasteiger partial charge in [-0.3, -0.25) is 9.69 Å². The Balaban J connectivity index is 1.51. The number of rotatable bonds is 7. The maximum Gasteiger partial charge on any atom is 0.270 e. The number of benzene rings is 1. The molecule has 31 heavy (non-hydrogen) atoms. The van der Waals surface area contributed by atoms with Crippen molar-refractivity contribution in [3.05, 3.63) is 36.0 Å². The van der Waals surface area contributed by atoms with E-state index in [-0.39, 0.29) is 17.5 Å². The second-order valence-corrected chi connectivity index (χ2v) is 7.57. The van der Waals surface area contributed by atoms with E-state index < -0.39 is 0 Å². The average Bonchev–Trinajstić information content (AvgIpc) is 3.25. The van der Waals surface area contributed by atoms with Crippen LogP contribution in [0.25, 0.3) is 23.0 Å². The van der Waals surface area contributed by atoms with Crippen LogP contribution in [0.4, 0.5) is 11.6 Å². The van der Waals surface area contributed by atoms with Crippen LogP contribution in [-0.2, 0) is 11.3 Å². The molecule has 2 aromatic heterocycles. The molecule has 0 radical (unpaired) electrons. The molecule has 0 unspecified atom stereocenters. The van der Waals surface area contributed by atoms with Crippen molar-refractivity contribution in [2.75, 3.05) is 50.4 Å².